The summed E-state index contributed by atoms with van der Waals surface area (Å²) in [6.45, 7) is 2.96. The van der Waals surface area contributed by atoms with Gasteiger partial charge in [-0.3, -0.25) is 0 Å². The molecule has 1 rings (SSSR count). The van der Waals surface area contributed by atoms with E-state index in [0.29, 0.717) is 12.3 Å². The minimum atomic E-state index is -2.82. The average Bonchev–Trinajstić information content (AvgIpc) is 2.27. The van der Waals surface area contributed by atoms with Gasteiger partial charge in [0, 0.05) is 12.0 Å². The Bertz CT molecular complexity index is 326. The highest BCUT2D eigenvalue weighted by Crippen LogP contribution is 2.43. The van der Waals surface area contributed by atoms with Crippen LogP contribution in [0.1, 0.15) is 51.9 Å². The molecule has 0 saturated heterocycles. The zero-order valence-electron chi connectivity index (χ0n) is 11.2. The van der Waals surface area contributed by atoms with Gasteiger partial charge in [-0.15, -0.1) is 0 Å². The molecule has 2 unspecified atom stereocenters. The summed E-state index contributed by atoms with van der Waals surface area (Å²) in [5.41, 5.74) is 6.18. The molecular weight excluding hydrogens is 234 g/mol. The summed E-state index contributed by atoms with van der Waals surface area (Å²) in [5.74, 6) is 1.11. The zero-order chi connectivity index (χ0) is 12.9. The standard InChI is InChI=1S/C13H27NO2S/c1-3-12-6-4-7-13(10-12,11-14)8-5-9-17(2,15)16/h12H,3-11,14H2,1-2H3. The molecule has 0 amide bonds. The molecule has 2 atom stereocenters. The first-order chi connectivity index (χ1) is 7.91. The van der Waals surface area contributed by atoms with Gasteiger partial charge in [-0.05, 0) is 43.6 Å². The van der Waals surface area contributed by atoms with Crippen LogP contribution in [0.2, 0.25) is 0 Å². The van der Waals surface area contributed by atoms with Crippen molar-refractivity contribution in [1.82, 2.24) is 0 Å². The van der Waals surface area contributed by atoms with Crippen LogP contribution in [-0.2, 0) is 9.84 Å². The van der Waals surface area contributed by atoms with E-state index in [4.69, 9.17) is 5.73 Å². The van der Waals surface area contributed by atoms with Crippen LogP contribution in [0.4, 0.5) is 0 Å². The summed E-state index contributed by atoms with van der Waals surface area (Å²) in [5, 5.41) is 0. The Morgan fingerprint density at radius 1 is 1.41 bits per heavy atom. The molecule has 0 heterocycles. The molecular formula is C13H27NO2S. The molecule has 0 radical (unpaired) electrons. The van der Waals surface area contributed by atoms with Crippen molar-refractivity contribution in [2.45, 2.75) is 51.9 Å². The second kappa shape index (κ2) is 6.19. The van der Waals surface area contributed by atoms with Gasteiger partial charge in [0.2, 0.25) is 0 Å². The second-order valence-electron chi connectivity index (χ2n) is 5.81. The predicted octanol–water partition coefficient (Wildman–Crippen LogP) is 2.36. The first kappa shape index (κ1) is 15.0. The van der Waals surface area contributed by atoms with Crippen LogP contribution < -0.4 is 5.73 Å². The molecule has 0 aromatic rings. The lowest BCUT2D eigenvalue weighted by atomic mass is 9.67. The maximum atomic E-state index is 11.2. The van der Waals surface area contributed by atoms with Gasteiger partial charge in [0.05, 0.1) is 0 Å². The van der Waals surface area contributed by atoms with E-state index >= 15 is 0 Å². The van der Waals surface area contributed by atoms with Crippen molar-refractivity contribution in [3.8, 4) is 0 Å². The lowest BCUT2D eigenvalue weighted by Crippen LogP contribution is -2.36. The number of hydrogen-bond donors (Lipinski definition) is 1. The fraction of sp³-hybridized carbons (Fsp3) is 1.00. The van der Waals surface area contributed by atoms with Crippen molar-refractivity contribution in [3.05, 3.63) is 0 Å². The zero-order valence-corrected chi connectivity index (χ0v) is 12.1. The molecule has 102 valence electrons. The number of rotatable bonds is 6. The monoisotopic (exact) mass is 261 g/mol. The Morgan fingerprint density at radius 3 is 2.65 bits per heavy atom. The summed E-state index contributed by atoms with van der Waals surface area (Å²) >= 11 is 0. The van der Waals surface area contributed by atoms with Crippen molar-refractivity contribution in [1.29, 1.82) is 0 Å². The normalized spacial score (nSPS) is 30.4. The van der Waals surface area contributed by atoms with E-state index in [1.165, 1.54) is 38.4 Å². The van der Waals surface area contributed by atoms with Crippen molar-refractivity contribution in [2.24, 2.45) is 17.1 Å². The van der Waals surface area contributed by atoms with E-state index in [2.05, 4.69) is 6.92 Å². The SMILES string of the molecule is CCC1CCCC(CN)(CCCS(C)(=O)=O)C1. The number of nitrogens with two attached hydrogens (primary N) is 1. The van der Waals surface area contributed by atoms with Gasteiger partial charge in [-0.25, -0.2) is 8.42 Å². The lowest BCUT2D eigenvalue weighted by molar-refractivity contribution is 0.130. The molecule has 0 aromatic carbocycles. The highest BCUT2D eigenvalue weighted by atomic mass is 32.2. The molecule has 17 heavy (non-hydrogen) atoms. The molecule has 3 nitrogen and oxygen atoms in total. The second-order valence-corrected chi connectivity index (χ2v) is 8.07. The smallest absolute Gasteiger partial charge is 0.147 e. The fourth-order valence-corrected chi connectivity index (χ4v) is 3.82. The van der Waals surface area contributed by atoms with E-state index in [9.17, 15) is 8.42 Å². The Labute approximate surface area is 106 Å². The third kappa shape index (κ3) is 4.96. The van der Waals surface area contributed by atoms with Gasteiger partial charge < -0.3 is 5.73 Å². The molecule has 0 aliphatic heterocycles. The molecule has 0 spiro atoms. The molecule has 0 bridgehead atoms. The number of sulfone groups is 1. The van der Waals surface area contributed by atoms with Crippen molar-refractivity contribution in [3.63, 3.8) is 0 Å². The van der Waals surface area contributed by atoms with Crippen molar-refractivity contribution in [2.75, 3.05) is 18.6 Å². The average molecular weight is 261 g/mol. The van der Waals surface area contributed by atoms with Gasteiger partial charge in [-0.2, -0.15) is 0 Å². The highest BCUT2D eigenvalue weighted by Gasteiger charge is 2.34. The van der Waals surface area contributed by atoms with Crippen LogP contribution in [-0.4, -0.2) is 27.0 Å². The maximum Gasteiger partial charge on any atom is 0.147 e. The van der Waals surface area contributed by atoms with E-state index in [1.54, 1.807) is 0 Å². The Morgan fingerprint density at radius 2 is 2.12 bits per heavy atom. The third-order valence-electron chi connectivity index (χ3n) is 4.27. The van der Waals surface area contributed by atoms with E-state index in [1.807, 2.05) is 0 Å². The first-order valence-corrected chi connectivity index (χ1v) is 8.85. The first-order valence-electron chi connectivity index (χ1n) is 6.78. The Hall–Kier alpha value is -0.0900. The fourth-order valence-electron chi connectivity index (χ4n) is 3.15. The quantitative estimate of drug-likeness (QED) is 0.798. The summed E-state index contributed by atoms with van der Waals surface area (Å²) in [6, 6.07) is 0. The van der Waals surface area contributed by atoms with Gasteiger partial charge in [0.1, 0.15) is 9.84 Å². The number of hydrogen-bond acceptors (Lipinski definition) is 3. The van der Waals surface area contributed by atoms with E-state index in [0.717, 1.165) is 18.8 Å². The van der Waals surface area contributed by atoms with Crippen molar-refractivity contribution < 1.29 is 8.42 Å². The minimum Gasteiger partial charge on any atom is -0.330 e. The molecule has 1 saturated carbocycles. The Balaban J connectivity index is 2.50. The van der Waals surface area contributed by atoms with Crippen molar-refractivity contribution >= 4 is 9.84 Å². The Kier molecular flexibility index (Phi) is 5.45. The maximum absolute atomic E-state index is 11.2. The highest BCUT2D eigenvalue weighted by molar-refractivity contribution is 7.90. The van der Waals surface area contributed by atoms with Crippen LogP contribution in [0.5, 0.6) is 0 Å². The van der Waals surface area contributed by atoms with Gasteiger partial charge in [-0.1, -0.05) is 26.2 Å². The minimum absolute atomic E-state index is 0.226. The van der Waals surface area contributed by atoms with E-state index < -0.39 is 9.84 Å². The lowest BCUT2D eigenvalue weighted by Gasteiger charge is -2.40. The van der Waals surface area contributed by atoms with Gasteiger partial charge >= 0.3 is 0 Å². The molecule has 1 aliphatic carbocycles. The summed E-state index contributed by atoms with van der Waals surface area (Å²) in [4.78, 5) is 0. The van der Waals surface area contributed by atoms with Crippen LogP contribution >= 0.6 is 0 Å². The van der Waals surface area contributed by atoms with Crippen LogP contribution in [0.15, 0.2) is 0 Å². The molecule has 2 N–H and O–H groups in total. The summed E-state index contributed by atoms with van der Waals surface area (Å²) in [6.07, 6.45) is 9.26. The van der Waals surface area contributed by atoms with Crippen LogP contribution in [0.3, 0.4) is 0 Å². The van der Waals surface area contributed by atoms with Gasteiger partial charge in [0.25, 0.3) is 0 Å². The molecule has 1 fully saturated rings. The third-order valence-corrected chi connectivity index (χ3v) is 5.30. The molecule has 1 aliphatic rings. The summed E-state index contributed by atoms with van der Waals surface area (Å²) < 4.78 is 22.3. The topological polar surface area (TPSA) is 60.2 Å². The molecule has 0 aromatic heterocycles. The predicted molar refractivity (Wildman–Crippen MR) is 72.7 cm³/mol. The summed E-state index contributed by atoms with van der Waals surface area (Å²) in [7, 11) is -2.82. The molecule has 4 heteroatoms. The van der Waals surface area contributed by atoms with Gasteiger partial charge in [0.15, 0.2) is 0 Å². The van der Waals surface area contributed by atoms with E-state index in [-0.39, 0.29) is 5.41 Å². The van der Waals surface area contributed by atoms with Crippen LogP contribution in [0.25, 0.3) is 0 Å². The largest absolute Gasteiger partial charge is 0.330 e. The van der Waals surface area contributed by atoms with Crippen LogP contribution in [0, 0.1) is 11.3 Å².